The maximum atomic E-state index is 5.83. The van der Waals surface area contributed by atoms with Crippen LogP contribution in [0, 0.1) is 0 Å². The summed E-state index contributed by atoms with van der Waals surface area (Å²) in [6.45, 7) is 0.818. The minimum absolute atomic E-state index is 0.514. The van der Waals surface area contributed by atoms with Gasteiger partial charge in [-0.1, -0.05) is 28.1 Å². The first-order chi connectivity index (χ1) is 8.69. The molecule has 94 valence electrons. The molecule has 0 unspecified atom stereocenters. The van der Waals surface area contributed by atoms with E-state index in [1.54, 1.807) is 6.20 Å². The molecule has 2 aromatic rings. The molecule has 0 N–H and O–H groups in total. The van der Waals surface area contributed by atoms with E-state index in [1.165, 1.54) is 5.56 Å². The van der Waals surface area contributed by atoms with E-state index in [1.807, 2.05) is 31.3 Å². The van der Waals surface area contributed by atoms with Gasteiger partial charge >= 0.3 is 0 Å². The van der Waals surface area contributed by atoms with Crippen molar-refractivity contribution in [1.82, 2.24) is 4.98 Å². The highest BCUT2D eigenvalue weighted by atomic mass is 79.9. The number of hydrogen-bond donors (Lipinski definition) is 0. The number of anilines is 1. The molecule has 1 heterocycles. The summed E-state index contributed by atoms with van der Waals surface area (Å²) in [6.07, 6.45) is 1.80. The molecule has 0 fully saturated rings. The van der Waals surface area contributed by atoms with E-state index < -0.39 is 0 Å². The van der Waals surface area contributed by atoms with Crippen LogP contribution in [0.3, 0.4) is 0 Å². The lowest BCUT2D eigenvalue weighted by Gasteiger charge is -2.18. The predicted octanol–water partition coefficient (Wildman–Crippen LogP) is 4.22. The third-order valence-electron chi connectivity index (χ3n) is 2.66. The van der Waals surface area contributed by atoms with Gasteiger partial charge in [0.2, 0.25) is 0 Å². The van der Waals surface area contributed by atoms with Crippen molar-refractivity contribution in [3.63, 3.8) is 0 Å². The van der Waals surface area contributed by atoms with Gasteiger partial charge in [-0.15, -0.1) is 11.6 Å². The van der Waals surface area contributed by atoms with Crippen LogP contribution in [0.4, 0.5) is 5.82 Å². The average Bonchev–Trinajstić information content (AvgIpc) is 2.39. The lowest BCUT2D eigenvalue weighted by molar-refractivity contribution is 0.895. The zero-order valence-corrected chi connectivity index (χ0v) is 12.4. The van der Waals surface area contributed by atoms with Crippen LogP contribution >= 0.6 is 27.5 Å². The summed E-state index contributed by atoms with van der Waals surface area (Å²) in [7, 11) is 2.03. The first-order valence-electron chi connectivity index (χ1n) is 5.65. The number of alkyl halides is 1. The van der Waals surface area contributed by atoms with Crippen molar-refractivity contribution >= 4 is 33.3 Å². The monoisotopic (exact) mass is 324 g/mol. The van der Waals surface area contributed by atoms with Crippen LogP contribution in [0.5, 0.6) is 0 Å². The van der Waals surface area contributed by atoms with Gasteiger partial charge in [0.25, 0.3) is 0 Å². The Labute approximate surface area is 121 Å². The number of nitrogens with zero attached hydrogens (tertiary/aromatic N) is 2. The highest BCUT2D eigenvalue weighted by Gasteiger charge is 2.04. The molecule has 0 saturated carbocycles. The molecule has 0 aliphatic heterocycles. The topological polar surface area (TPSA) is 16.1 Å². The van der Waals surface area contributed by atoms with Crippen molar-refractivity contribution < 1.29 is 0 Å². The molecule has 0 amide bonds. The number of hydrogen-bond acceptors (Lipinski definition) is 2. The second kappa shape index (κ2) is 6.21. The zero-order chi connectivity index (χ0) is 13.0. The predicted molar refractivity (Wildman–Crippen MR) is 80.0 cm³/mol. The van der Waals surface area contributed by atoms with Gasteiger partial charge in [0.05, 0.1) is 0 Å². The molecule has 2 rings (SSSR count). The van der Waals surface area contributed by atoms with Crippen LogP contribution in [0.1, 0.15) is 11.1 Å². The summed E-state index contributed by atoms with van der Waals surface area (Å²) in [5, 5.41) is 0. The molecule has 0 saturated heterocycles. The molecule has 0 radical (unpaired) electrons. The van der Waals surface area contributed by atoms with Crippen LogP contribution in [0.15, 0.2) is 47.1 Å². The molecule has 1 aromatic carbocycles. The first kappa shape index (κ1) is 13.4. The summed E-state index contributed by atoms with van der Waals surface area (Å²) < 4.78 is 1.09. The normalized spacial score (nSPS) is 10.4. The lowest BCUT2D eigenvalue weighted by atomic mass is 10.2. The summed E-state index contributed by atoms with van der Waals surface area (Å²) in [5.74, 6) is 1.45. The van der Waals surface area contributed by atoms with E-state index in [9.17, 15) is 0 Å². The minimum atomic E-state index is 0.514. The van der Waals surface area contributed by atoms with Gasteiger partial charge in [-0.2, -0.15) is 0 Å². The fourth-order valence-electron chi connectivity index (χ4n) is 1.74. The van der Waals surface area contributed by atoms with Crippen molar-refractivity contribution in [2.24, 2.45) is 0 Å². The van der Waals surface area contributed by atoms with Gasteiger partial charge in [-0.25, -0.2) is 4.98 Å². The third kappa shape index (κ3) is 3.47. The van der Waals surface area contributed by atoms with Crippen molar-refractivity contribution in [3.05, 3.63) is 58.2 Å². The number of halogens is 2. The Hall–Kier alpha value is -1.06. The summed E-state index contributed by atoms with van der Waals surface area (Å²) >= 11 is 9.31. The number of benzene rings is 1. The van der Waals surface area contributed by atoms with Crippen LogP contribution in [0.2, 0.25) is 0 Å². The second-order valence-electron chi connectivity index (χ2n) is 4.14. The molecular weight excluding hydrogens is 312 g/mol. The van der Waals surface area contributed by atoms with Crippen molar-refractivity contribution in [2.45, 2.75) is 12.4 Å². The Kier molecular flexibility index (Phi) is 4.61. The lowest BCUT2D eigenvalue weighted by Crippen LogP contribution is -2.17. The molecule has 0 aliphatic rings. The van der Waals surface area contributed by atoms with Gasteiger partial charge < -0.3 is 4.90 Å². The van der Waals surface area contributed by atoms with Crippen molar-refractivity contribution in [2.75, 3.05) is 11.9 Å². The zero-order valence-electron chi connectivity index (χ0n) is 10.1. The van der Waals surface area contributed by atoms with E-state index in [2.05, 4.69) is 37.9 Å². The molecule has 1 aromatic heterocycles. The second-order valence-corrected chi connectivity index (χ2v) is 5.32. The Bertz CT molecular complexity index is 531. The summed E-state index contributed by atoms with van der Waals surface area (Å²) in [5.41, 5.74) is 2.33. The van der Waals surface area contributed by atoms with E-state index in [-0.39, 0.29) is 0 Å². The largest absolute Gasteiger partial charge is 0.355 e. The average molecular weight is 326 g/mol. The third-order valence-corrected chi connectivity index (χ3v) is 3.47. The van der Waals surface area contributed by atoms with E-state index in [0.29, 0.717) is 5.88 Å². The van der Waals surface area contributed by atoms with Crippen LogP contribution in [-0.4, -0.2) is 12.0 Å². The number of pyridine rings is 1. The Balaban J connectivity index is 2.13. The minimum Gasteiger partial charge on any atom is -0.355 e. The quantitative estimate of drug-likeness (QED) is 0.782. The Morgan fingerprint density at radius 1 is 1.22 bits per heavy atom. The van der Waals surface area contributed by atoms with Crippen LogP contribution < -0.4 is 4.90 Å². The standard InChI is InChI=1S/C14H14BrClN2/c1-18(10-12-3-2-4-13(15)7-12)14-8-11(9-16)5-6-17-14/h2-8H,9-10H2,1H3. The SMILES string of the molecule is CN(Cc1cccc(Br)c1)c1cc(CCl)ccn1. The number of aromatic nitrogens is 1. The van der Waals surface area contributed by atoms with Gasteiger partial charge in [0.1, 0.15) is 5.82 Å². The van der Waals surface area contributed by atoms with E-state index in [0.717, 1.165) is 22.4 Å². The molecule has 0 atom stereocenters. The van der Waals surface area contributed by atoms with Gasteiger partial charge in [0, 0.05) is 30.1 Å². The van der Waals surface area contributed by atoms with Crippen LogP contribution in [0.25, 0.3) is 0 Å². The van der Waals surface area contributed by atoms with Gasteiger partial charge in [-0.3, -0.25) is 0 Å². The highest BCUT2D eigenvalue weighted by Crippen LogP contribution is 2.17. The Morgan fingerprint density at radius 3 is 2.78 bits per heavy atom. The molecular formula is C14H14BrClN2. The molecule has 0 spiro atoms. The molecule has 4 heteroatoms. The first-order valence-corrected chi connectivity index (χ1v) is 6.98. The smallest absolute Gasteiger partial charge is 0.128 e. The fraction of sp³-hybridized carbons (Fsp3) is 0.214. The molecule has 0 bridgehead atoms. The maximum absolute atomic E-state index is 5.83. The molecule has 2 nitrogen and oxygen atoms in total. The number of rotatable bonds is 4. The van der Waals surface area contributed by atoms with E-state index >= 15 is 0 Å². The van der Waals surface area contributed by atoms with Gasteiger partial charge in [0.15, 0.2) is 0 Å². The van der Waals surface area contributed by atoms with Crippen LogP contribution in [-0.2, 0) is 12.4 Å². The maximum Gasteiger partial charge on any atom is 0.128 e. The van der Waals surface area contributed by atoms with Crippen molar-refractivity contribution in [3.8, 4) is 0 Å². The Morgan fingerprint density at radius 2 is 2.06 bits per heavy atom. The molecule has 18 heavy (non-hydrogen) atoms. The van der Waals surface area contributed by atoms with Crippen molar-refractivity contribution in [1.29, 1.82) is 0 Å². The van der Waals surface area contributed by atoms with E-state index in [4.69, 9.17) is 11.6 Å². The fourth-order valence-corrected chi connectivity index (χ4v) is 2.36. The van der Waals surface area contributed by atoms with Gasteiger partial charge in [-0.05, 0) is 35.4 Å². The summed E-state index contributed by atoms with van der Waals surface area (Å²) in [6, 6.07) is 12.2. The molecule has 0 aliphatic carbocycles. The highest BCUT2D eigenvalue weighted by molar-refractivity contribution is 9.10. The summed E-state index contributed by atoms with van der Waals surface area (Å²) in [4.78, 5) is 6.47.